The van der Waals surface area contributed by atoms with Crippen LogP contribution in [0.2, 0.25) is 0 Å². The molecule has 1 saturated heterocycles. The number of carbonyl (C=O) groups is 1. The van der Waals surface area contributed by atoms with Gasteiger partial charge in [-0.3, -0.25) is 4.68 Å². The minimum atomic E-state index is -1.03. The van der Waals surface area contributed by atoms with E-state index in [9.17, 15) is 9.90 Å². The molecule has 1 aromatic rings. The molecular weight excluding hydrogens is 259 g/mol. The van der Waals surface area contributed by atoms with Gasteiger partial charge in [0.25, 0.3) is 0 Å². The zero-order chi connectivity index (χ0) is 15.3. The van der Waals surface area contributed by atoms with Crippen LogP contribution in [0.25, 0.3) is 0 Å². The summed E-state index contributed by atoms with van der Waals surface area (Å²) in [6.07, 6.45) is 1.52. The second kappa shape index (κ2) is 4.60. The van der Waals surface area contributed by atoms with Gasteiger partial charge in [-0.2, -0.15) is 5.10 Å². The molecular formula is C13H21BN2O4. The van der Waals surface area contributed by atoms with Crippen LogP contribution in [0.4, 0.5) is 0 Å². The topological polar surface area (TPSA) is 73.6 Å². The molecule has 0 bridgehead atoms. The summed E-state index contributed by atoms with van der Waals surface area (Å²) in [5.41, 5.74) is -0.427. The third-order valence-electron chi connectivity index (χ3n) is 4.02. The highest BCUT2D eigenvalue weighted by Crippen LogP contribution is 2.36. The van der Waals surface area contributed by atoms with Crippen LogP contribution in [0.5, 0.6) is 0 Å². The standard InChI is InChI=1S/C13H21BN2O4/c1-8(2)16-10(11(17)18)9(7-15-16)14-19-12(3,4)13(5,6)20-14/h7-8H,1-6H3,(H,17,18). The van der Waals surface area contributed by atoms with Crippen LogP contribution < -0.4 is 5.46 Å². The smallest absolute Gasteiger partial charge is 0.477 e. The van der Waals surface area contributed by atoms with E-state index in [0.717, 1.165) is 0 Å². The first-order valence-corrected chi connectivity index (χ1v) is 6.73. The number of rotatable bonds is 3. The SMILES string of the molecule is CC(C)n1ncc(B2OC(C)(C)C(C)(C)O2)c1C(=O)O. The van der Waals surface area contributed by atoms with Crippen molar-refractivity contribution in [3.05, 3.63) is 11.9 Å². The van der Waals surface area contributed by atoms with Crippen molar-refractivity contribution in [3.63, 3.8) is 0 Å². The van der Waals surface area contributed by atoms with Crippen LogP contribution in [0.1, 0.15) is 58.1 Å². The summed E-state index contributed by atoms with van der Waals surface area (Å²) >= 11 is 0. The molecule has 0 spiro atoms. The summed E-state index contributed by atoms with van der Waals surface area (Å²) in [6, 6.07) is -0.0442. The van der Waals surface area contributed by atoms with Gasteiger partial charge in [0.2, 0.25) is 0 Å². The highest BCUT2D eigenvalue weighted by Gasteiger charge is 2.53. The molecule has 6 nitrogen and oxygen atoms in total. The van der Waals surface area contributed by atoms with E-state index in [1.54, 1.807) is 0 Å². The predicted molar refractivity (Wildman–Crippen MR) is 75.3 cm³/mol. The minimum Gasteiger partial charge on any atom is -0.477 e. The highest BCUT2D eigenvalue weighted by atomic mass is 16.7. The molecule has 1 aromatic heterocycles. The van der Waals surface area contributed by atoms with Gasteiger partial charge in [0.1, 0.15) is 5.69 Å². The Hall–Kier alpha value is -1.34. The lowest BCUT2D eigenvalue weighted by Crippen LogP contribution is -2.41. The van der Waals surface area contributed by atoms with Crippen molar-refractivity contribution in [2.24, 2.45) is 0 Å². The van der Waals surface area contributed by atoms with E-state index in [2.05, 4.69) is 5.10 Å². The Labute approximate surface area is 119 Å². The number of nitrogens with zero attached hydrogens (tertiary/aromatic N) is 2. The fourth-order valence-electron chi connectivity index (χ4n) is 2.13. The first kappa shape index (κ1) is 15.1. The second-order valence-electron chi connectivity index (χ2n) is 6.38. The van der Waals surface area contributed by atoms with Crippen molar-refractivity contribution >= 4 is 18.6 Å². The molecule has 0 radical (unpaired) electrons. The second-order valence-corrected chi connectivity index (χ2v) is 6.38. The summed E-state index contributed by atoms with van der Waals surface area (Å²) in [6.45, 7) is 11.5. The van der Waals surface area contributed by atoms with E-state index in [1.807, 2.05) is 41.5 Å². The Morgan fingerprint density at radius 3 is 2.20 bits per heavy atom. The average molecular weight is 280 g/mol. The van der Waals surface area contributed by atoms with Gasteiger partial charge in [0.05, 0.1) is 11.2 Å². The van der Waals surface area contributed by atoms with Gasteiger partial charge in [-0.25, -0.2) is 4.79 Å². The quantitative estimate of drug-likeness (QED) is 0.848. The van der Waals surface area contributed by atoms with Crippen molar-refractivity contribution in [2.75, 3.05) is 0 Å². The molecule has 20 heavy (non-hydrogen) atoms. The Morgan fingerprint density at radius 2 is 1.80 bits per heavy atom. The van der Waals surface area contributed by atoms with Crippen molar-refractivity contribution < 1.29 is 19.2 Å². The van der Waals surface area contributed by atoms with Gasteiger partial charge < -0.3 is 14.4 Å². The van der Waals surface area contributed by atoms with Crippen molar-refractivity contribution in [1.29, 1.82) is 0 Å². The van der Waals surface area contributed by atoms with E-state index < -0.39 is 24.3 Å². The zero-order valence-corrected chi connectivity index (χ0v) is 12.8. The molecule has 1 aliphatic rings. The van der Waals surface area contributed by atoms with Gasteiger partial charge in [-0.15, -0.1) is 0 Å². The van der Waals surface area contributed by atoms with Crippen LogP contribution in [0.3, 0.4) is 0 Å². The number of carboxylic acid groups (broad SMARTS) is 1. The molecule has 1 aliphatic heterocycles. The van der Waals surface area contributed by atoms with Crippen molar-refractivity contribution in [1.82, 2.24) is 9.78 Å². The van der Waals surface area contributed by atoms with E-state index in [1.165, 1.54) is 10.9 Å². The Kier molecular flexibility index (Phi) is 3.46. The third-order valence-corrected chi connectivity index (χ3v) is 4.02. The van der Waals surface area contributed by atoms with Gasteiger partial charge in [0, 0.05) is 17.7 Å². The molecule has 0 aliphatic carbocycles. The van der Waals surface area contributed by atoms with E-state index >= 15 is 0 Å². The summed E-state index contributed by atoms with van der Waals surface area (Å²) in [4.78, 5) is 11.5. The van der Waals surface area contributed by atoms with Crippen LogP contribution in [0.15, 0.2) is 6.20 Å². The molecule has 0 atom stereocenters. The number of hydrogen-bond acceptors (Lipinski definition) is 4. The van der Waals surface area contributed by atoms with Gasteiger partial charge >= 0.3 is 13.1 Å². The molecule has 2 rings (SSSR count). The first-order valence-electron chi connectivity index (χ1n) is 6.73. The Morgan fingerprint density at radius 1 is 1.30 bits per heavy atom. The fourth-order valence-corrected chi connectivity index (χ4v) is 2.13. The summed E-state index contributed by atoms with van der Waals surface area (Å²) in [5, 5.41) is 13.6. The molecule has 1 N–H and O–H groups in total. The maximum absolute atomic E-state index is 11.5. The van der Waals surface area contributed by atoms with Gasteiger partial charge in [0.15, 0.2) is 0 Å². The number of carboxylic acids is 1. The third kappa shape index (κ3) is 2.25. The first-order chi connectivity index (χ1) is 9.07. The fraction of sp³-hybridized carbons (Fsp3) is 0.692. The van der Waals surface area contributed by atoms with Crippen LogP contribution in [-0.2, 0) is 9.31 Å². The van der Waals surface area contributed by atoms with Gasteiger partial charge in [-0.05, 0) is 41.5 Å². The molecule has 0 amide bonds. The molecule has 1 fully saturated rings. The van der Waals surface area contributed by atoms with Gasteiger partial charge in [-0.1, -0.05) is 0 Å². The molecule has 0 aromatic carbocycles. The summed E-state index contributed by atoms with van der Waals surface area (Å²) in [7, 11) is -0.710. The lowest BCUT2D eigenvalue weighted by molar-refractivity contribution is 0.00578. The monoisotopic (exact) mass is 280 g/mol. The maximum Gasteiger partial charge on any atom is 0.498 e. The number of hydrogen-bond donors (Lipinski definition) is 1. The molecule has 2 heterocycles. The van der Waals surface area contributed by atoms with Crippen LogP contribution >= 0.6 is 0 Å². The lowest BCUT2D eigenvalue weighted by atomic mass is 9.79. The average Bonchev–Trinajstić information content (AvgIpc) is 2.78. The Balaban J connectivity index is 2.43. The van der Waals surface area contributed by atoms with Crippen LogP contribution in [-0.4, -0.2) is 39.2 Å². The van der Waals surface area contributed by atoms with Crippen molar-refractivity contribution in [3.8, 4) is 0 Å². The molecule has 0 saturated carbocycles. The van der Waals surface area contributed by atoms with Crippen LogP contribution in [0, 0.1) is 0 Å². The molecule has 110 valence electrons. The van der Waals surface area contributed by atoms with E-state index in [4.69, 9.17) is 9.31 Å². The summed E-state index contributed by atoms with van der Waals surface area (Å²) < 4.78 is 13.3. The van der Waals surface area contributed by atoms with E-state index in [0.29, 0.717) is 5.46 Å². The number of aromatic carboxylic acids is 1. The molecule has 7 heteroatoms. The highest BCUT2D eigenvalue weighted by molar-refractivity contribution is 6.63. The largest absolute Gasteiger partial charge is 0.498 e. The van der Waals surface area contributed by atoms with Crippen molar-refractivity contribution in [2.45, 2.75) is 58.8 Å². The van der Waals surface area contributed by atoms with E-state index in [-0.39, 0.29) is 11.7 Å². The maximum atomic E-state index is 11.5. The molecule has 0 unspecified atom stereocenters. The predicted octanol–water partition coefficient (Wildman–Crippen LogP) is 1.46. The zero-order valence-electron chi connectivity index (χ0n) is 12.8. The lowest BCUT2D eigenvalue weighted by Gasteiger charge is -2.32. The normalized spacial score (nSPS) is 20.6. The number of aromatic nitrogens is 2. The minimum absolute atomic E-state index is 0.0442. The Bertz CT molecular complexity index is 520. The summed E-state index contributed by atoms with van der Waals surface area (Å²) in [5.74, 6) is -1.03.